The van der Waals surface area contributed by atoms with Gasteiger partial charge in [-0.1, -0.05) is 41.9 Å². The molecule has 3 aromatic rings. The van der Waals surface area contributed by atoms with E-state index in [1.165, 1.54) is 15.6 Å². The number of fused-ring (bicyclic) bond motifs is 1. The second kappa shape index (κ2) is 7.69. The fourth-order valence-corrected chi connectivity index (χ4v) is 3.72. The van der Waals surface area contributed by atoms with Gasteiger partial charge in [0.1, 0.15) is 0 Å². The van der Waals surface area contributed by atoms with Gasteiger partial charge in [0.05, 0.1) is 0 Å². The van der Waals surface area contributed by atoms with Crippen LogP contribution in [0.1, 0.15) is 11.1 Å². The highest BCUT2D eigenvalue weighted by molar-refractivity contribution is 7.17. The average Bonchev–Trinajstić information content (AvgIpc) is 3.00. The van der Waals surface area contributed by atoms with Crippen LogP contribution in [0.4, 0.5) is 4.79 Å². The largest absolute Gasteiger partial charge is 0.338 e. The summed E-state index contributed by atoms with van der Waals surface area (Å²) in [5.74, 6) is 0. The summed E-state index contributed by atoms with van der Waals surface area (Å²) >= 11 is 7.63. The quantitative estimate of drug-likeness (QED) is 0.688. The van der Waals surface area contributed by atoms with Gasteiger partial charge in [-0.25, -0.2) is 4.79 Å². The molecule has 0 bridgehead atoms. The zero-order valence-electron chi connectivity index (χ0n) is 13.5. The maximum absolute atomic E-state index is 12.2. The van der Waals surface area contributed by atoms with Crippen molar-refractivity contribution in [3.63, 3.8) is 0 Å². The number of halogens is 1. The predicted octanol–water partition coefficient (Wildman–Crippen LogP) is 4.94. The van der Waals surface area contributed by atoms with Crippen LogP contribution >= 0.6 is 22.9 Å². The average molecular weight is 359 g/mol. The number of hydrogen-bond donors (Lipinski definition) is 1. The van der Waals surface area contributed by atoms with Crippen molar-refractivity contribution >= 4 is 39.1 Å². The number of amides is 2. The lowest BCUT2D eigenvalue weighted by molar-refractivity contribution is 0.207. The Morgan fingerprint density at radius 2 is 1.92 bits per heavy atom. The number of urea groups is 1. The molecule has 2 amide bonds. The third-order valence-electron chi connectivity index (χ3n) is 3.91. The van der Waals surface area contributed by atoms with Crippen LogP contribution < -0.4 is 5.32 Å². The molecular formula is C19H19ClN2OS. The topological polar surface area (TPSA) is 32.3 Å². The van der Waals surface area contributed by atoms with Gasteiger partial charge in [-0.2, -0.15) is 0 Å². The Bertz CT molecular complexity index is 829. The number of rotatable bonds is 5. The van der Waals surface area contributed by atoms with Crippen LogP contribution in [-0.2, 0) is 13.0 Å². The molecule has 5 heteroatoms. The molecule has 1 N–H and O–H groups in total. The van der Waals surface area contributed by atoms with Crippen LogP contribution in [0.15, 0.2) is 53.9 Å². The number of thiophene rings is 1. The minimum atomic E-state index is -0.0653. The predicted molar refractivity (Wildman–Crippen MR) is 102 cm³/mol. The molecule has 0 radical (unpaired) electrons. The molecule has 1 heterocycles. The van der Waals surface area contributed by atoms with Crippen molar-refractivity contribution in [2.24, 2.45) is 0 Å². The van der Waals surface area contributed by atoms with Gasteiger partial charge in [0, 0.05) is 29.9 Å². The van der Waals surface area contributed by atoms with Crippen LogP contribution in [-0.4, -0.2) is 24.5 Å². The van der Waals surface area contributed by atoms with Crippen molar-refractivity contribution in [3.05, 3.63) is 70.1 Å². The van der Waals surface area contributed by atoms with Crippen molar-refractivity contribution in [2.75, 3.05) is 13.6 Å². The van der Waals surface area contributed by atoms with E-state index in [0.29, 0.717) is 18.1 Å². The molecule has 3 nitrogen and oxygen atoms in total. The Labute approximate surface area is 150 Å². The molecule has 0 saturated carbocycles. The minimum absolute atomic E-state index is 0.0653. The summed E-state index contributed by atoms with van der Waals surface area (Å²) in [6, 6.07) is 15.8. The first-order chi connectivity index (χ1) is 11.6. The van der Waals surface area contributed by atoms with E-state index < -0.39 is 0 Å². The maximum Gasteiger partial charge on any atom is 0.317 e. The summed E-state index contributed by atoms with van der Waals surface area (Å²) in [6.07, 6.45) is 0.838. The summed E-state index contributed by atoms with van der Waals surface area (Å²) in [5, 5.41) is 7.14. The van der Waals surface area contributed by atoms with Crippen molar-refractivity contribution < 1.29 is 4.79 Å². The highest BCUT2D eigenvalue weighted by Crippen LogP contribution is 2.25. The van der Waals surface area contributed by atoms with Crippen molar-refractivity contribution in [3.8, 4) is 0 Å². The third kappa shape index (κ3) is 4.08. The standard InChI is InChI=1S/C19H19ClN2OS/c1-22(12-14-6-8-16(20)9-7-14)19(23)21-11-10-15-13-24-18-5-3-2-4-17(15)18/h2-9,13H,10-12H2,1H3,(H,21,23). The van der Waals surface area contributed by atoms with Gasteiger partial charge < -0.3 is 10.2 Å². The molecule has 24 heavy (non-hydrogen) atoms. The summed E-state index contributed by atoms with van der Waals surface area (Å²) < 4.78 is 1.29. The first-order valence-electron chi connectivity index (χ1n) is 7.82. The van der Waals surface area contributed by atoms with Crippen LogP contribution in [0.25, 0.3) is 10.1 Å². The van der Waals surface area contributed by atoms with Crippen molar-refractivity contribution in [2.45, 2.75) is 13.0 Å². The molecule has 0 saturated heterocycles. The van der Waals surface area contributed by atoms with E-state index in [1.54, 1.807) is 23.3 Å². The van der Waals surface area contributed by atoms with Crippen LogP contribution in [0.3, 0.4) is 0 Å². The van der Waals surface area contributed by atoms with E-state index in [2.05, 4.69) is 35.0 Å². The molecular weight excluding hydrogens is 340 g/mol. The Hall–Kier alpha value is -2.04. The van der Waals surface area contributed by atoms with Crippen LogP contribution in [0.5, 0.6) is 0 Å². The highest BCUT2D eigenvalue weighted by Gasteiger charge is 2.09. The Kier molecular flexibility index (Phi) is 5.38. The van der Waals surface area contributed by atoms with E-state index in [1.807, 2.05) is 24.3 Å². The molecule has 0 fully saturated rings. The minimum Gasteiger partial charge on any atom is -0.338 e. The summed E-state index contributed by atoms with van der Waals surface area (Å²) in [7, 11) is 1.80. The number of carbonyl (C=O) groups is 1. The van der Waals surface area contributed by atoms with Gasteiger partial charge >= 0.3 is 6.03 Å². The smallest absolute Gasteiger partial charge is 0.317 e. The third-order valence-corrected chi connectivity index (χ3v) is 5.18. The lowest BCUT2D eigenvalue weighted by Crippen LogP contribution is -2.37. The van der Waals surface area contributed by atoms with Gasteiger partial charge in [-0.3, -0.25) is 0 Å². The zero-order chi connectivity index (χ0) is 16.9. The number of benzene rings is 2. The number of carbonyl (C=O) groups excluding carboxylic acids is 1. The van der Waals surface area contributed by atoms with Crippen molar-refractivity contribution in [1.29, 1.82) is 0 Å². The number of nitrogens with zero attached hydrogens (tertiary/aromatic N) is 1. The van der Waals surface area contributed by atoms with E-state index in [4.69, 9.17) is 11.6 Å². The van der Waals surface area contributed by atoms with Gasteiger partial charge in [-0.05, 0) is 46.5 Å². The van der Waals surface area contributed by atoms with Gasteiger partial charge in [0.25, 0.3) is 0 Å². The Balaban J connectivity index is 1.50. The lowest BCUT2D eigenvalue weighted by atomic mass is 10.1. The van der Waals surface area contributed by atoms with E-state index in [-0.39, 0.29) is 6.03 Å². The molecule has 2 aromatic carbocycles. The first-order valence-corrected chi connectivity index (χ1v) is 9.08. The normalized spacial score (nSPS) is 10.8. The lowest BCUT2D eigenvalue weighted by Gasteiger charge is -2.18. The molecule has 124 valence electrons. The van der Waals surface area contributed by atoms with E-state index >= 15 is 0 Å². The summed E-state index contributed by atoms with van der Waals surface area (Å²) in [4.78, 5) is 13.9. The summed E-state index contributed by atoms with van der Waals surface area (Å²) in [6.45, 7) is 1.19. The molecule has 0 atom stereocenters. The SMILES string of the molecule is CN(Cc1ccc(Cl)cc1)C(=O)NCCc1csc2ccccc12. The zero-order valence-corrected chi connectivity index (χ0v) is 15.0. The van der Waals surface area contributed by atoms with E-state index in [0.717, 1.165) is 12.0 Å². The van der Waals surface area contributed by atoms with Crippen LogP contribution in [0.2, 0.25) is 5.02 Å². The second-order valence-electron chi connectivity index (χ2n) is 5.72. The van der Waals surface area contributed by atoms with Crippen LogP contribution in [0, 0.1) is 0 Å². The number of hydrogen-bond acceptors (Lipinski definition) is 2. The Morgan fingerprint density at radius 1 is 1.17 bits per heavy atom. The second-order valence-corrected chi connectivity index (χ2v) is 7.07. The molecule has 0 spiro atoms. The Morgan fingerprint density at radius 3 is 2.71 bits per heavy atom. The maximum atomic E-state index is 12.2. The fourth-order valence-electron chi connectivity index (χ4n) is 2.60. The molecule has 0 aliphatic carbocycles. The van der Waals surface area contributed by atoms with Gasteiger partial charge in [-0.15, -0.1) is 11.3 Å². The fraction of sp³-hybridized carbons (Fsp3) is 0.211. The highest BCUT2D eigenvalue weighted by atomic mass is 35.5. The molecule has 3 rings (SSSR count). The molecule has 1 aromatic heterocycles. The summed E-state index contributed by atoms with van der Waals surface area (Å²) in [5.41, 5.74) is 2.34. The van der Waals surface area contributed by atoms with Gasteiger partial charge in [0.15, 0.2) is 0 Å². The van der Waals surface area contributed by atoms with E-state index in [9.17, 15) is 4.79 Å². The van der Waals surface area contributed by atoms with Crippen molar-refractivity contribution in [1.82, 2.24) is 10.2 Å². The van der Waals surface area contributed by atoms with Gasteiger partial charge in [0.2, 0.25) is 0 Å². The number of nitrogens with one attached hydrogen (secondary N) is 1. The molecule has 0 aliphatic heterocycles. The first kappa shape index (κ1) is 16.8. The monoisotopic (exact) mass is 358 g/mol. The molecule has 0 unspecified atom stereocenters. The molecule has 0 aliphatic rings.